The summed E-state index contributed by atoms with van der Waals surface area (Å²) in [5.74, 6) is 0.571. The number of piperazine rings is 1. The summed E-state index contributed by atoms with van der Waals surface area (Å²) in [5, 5.41) is 0. The molecule has 1 aromatic rings. The first kappa shape index (κ1) is 17.3. The van der Waals surface area contributed by atoms with E-state index in [4.69, 9.17) is 4.74 Å². The van der Waals surface area contributed by atoms with E-state index in [1.165, 1.54) is 11.8 Å². The lowest BCUT2D eigenvalue weighted by Crippen LogP contribution is -2.51. The summed E-state index contributed by atoms with van der Waals surface area (Å²) >= 11 is 0. The van der Waals surface area contributed by atoms with Gasteiger partial charge in [0.15, 0.2) is 0 Å². The maximum atomic E-state index is 12.5. The normalized spacial score (nSPS) is 15.3. The Kier molecular flexibility index (Phi) is 5.98. The van der Waals surface area contributed by atoms with Crippen molar-refractivity contribution in [3.05, 3.63) is 24.3 Å². The molecule has 0 aromatic heterocycles. The Labute approximate surface area is 137 Å². The van der Waals surface area contributed by atoms with Crippen LogP contribution in [0.25, 0.3) is 0 Å². The second kappa shape index (κ2) is 7.97. The van der Waals surface area contributed by atoms with Crippen LogP contribution in [0.3, 0.4) is 0 Å². The van der Waals surface area contributed by atoms with Gasteiger partial charge < -0.3 is 19.4 Å². The number of carbonyl (C=O) groups is 2. The van der Waals surface area contributed by atoms with Crippen LogP contribution in [0.5, 0.6) is 5.75 Å². The summed E-state index contributed by atoms with van der Waals surface area (Å²) in [6, 6.07) is 7.16. The predicted octanol–water partition coefficient (Wildman–Crippen LogP) is 1.21. The Morgan fingerprint density at radius 3 is 2.22 bits per heavy atom. The zero-order valence-corrected chi connectivity index (χ0v) is 14.1. The third kappa shape index (κ3) is 4.45. The molecule has 1 aromatic carbocycles. The molecule has 6 heteroatoms. The molecule has 2 amide bonds. The maximum absolute atomic E-state index is 12.5. The molecule has 0 N–H and O–H groups in total. The van der Waals surface area contributed by atoms with Gasteiger partial charge in [-0.1, -0.05) is 6.92 Å². The second-order valence-corrected chi connectivity index (χ2v) is 5.62. The smallest absolute Gasteiger partial charge is 0.242 e. The summed E-state index contributed by atoms with van der Waals surface area (Å²) in [4.78, 5) is 30.1. The molecule has 1 aliphatic rings. The first-order chi connectivity index (χ1) is 11.0. The Hall–Kier alpha value is -2.08. The molecule has 0 spiro atoms. The third-order valence-corrected chi connectivity index (χ3v) is 4.23. The highest BCUT2D eigenvalue weighted by molar-refractivity contribution is 5.97. The number of benzene rings is 1. The van der Waals surface area contributed by atoms with Gasteiger partial charge >= 0.3 is 0 Å². The lowest BCUT2D eigenvalue weighted by Gasteiger charge is -2.35. The van der Waals surface area contributed by atoms with Crippen molar-refractivity contribution in [1.29, 1.82) is 0 Å². The lowest BCUT2D eigenvalue weighted by atomic mass is 10.2. The molecule has 2 rings (SSSR count). The monoisotopic (exact) mass is 319 g/mol. The van der Waals surface area contributed by atoms with Crippen LogP contribution in [0.1, 0.15) is 13.8 Å². The number of anilines is 1. The van der Waals surface area contributed by atoms with Crippen molar-refractivity contribution in [2.24, 2.45) is 0 Å². The van der Waals surface area contributed by atoms with Crippen LogP contribution in [0.2, 0.25) is 0 Å². The first-order valence-electron chi connectivity index (χ1n) is 7.97. The average molecular weight is 319 g/mol. The van der Waals surface area contributed by atoms with Crippen molar-refractivity contribution in [2.75, 3.05) is 51.3 Å². The highest BCUT2D eigenvalue weighted by Gasteiger charge is 2.23. The molecular weight excluding hydrogens is 294 g/mol. The van der Waals surface area contributed by atoms with E-state index in [-0.39, 0.29) is 18.4 Å². The van der Waals surface area contributed by atoms with E-state index in [0.717, 1.165) is 38.5 Å². The van der Waals surface area contributed by atoms with Gasteiger partial charge in [-0.05, 0) is 30.8 Å². The Bertz CT molecular complexity index is 537. The summed E-state index contributed by atoms with van der Waals surface area (Å²) < 4.78 is 5.12. The fourth-order valence-corrected chi connectivity index (χ4v) is 2.70. The van der Waals surface area contributed by atoms with Crippen molar-refractivity contribution in [1.82, 2.24) is 9.80 Å². The minimum atomic E-state index is -0.143. The molecule has 1 heterocycles. The van der Waals surface area contributed by atoms with Gasteiger partial charge in [-0.15, -0.1) is 0 Å². The predicted molar refractivity (Wildman–Crippen MR) is 89.7 cm³/mol. The van der Waals surface area contributed by atoms with Crippen LogP contribution >= 0.6 is 0 Å². The molecule has 0 radical (unpaired) electrons. The van der Waals surface area contributed by atoms with Gasteiger partial charge in [0.25, 0.3) is 0 Å². The Morgan fingerprint density at radius 2 is 1.74 bits per heavy atom. The Balaban J connectivity index is 2.01. The van der Waals surface area contributed by atoms with E-state index in [9.17, 15) is 9.59 Å². The van der Waals surface area contributed by atoms with Gasteiger partial charge in [-0.2, -0.15) is 0 Å². The molecular formula is C17H25N3O3. The molecule has 126 valence electrons. The molecule has 1 saturated heterocycles. The van der Waals surface area contributed by atoms with Crippen LogP contribution in [0, 0.1) is 0 Å². The van der Waals surface area contributed by atoms with E-state index in [1.54, 1.807) is 31.4 Å². The molecule has 23 heavy (non-hydrogen) atoms. The number of carbonyl (C=O) groups excluding carboxylic acids is 2. The van der Waals surface area contributed by atoms with Crippen molar-refractivity contribution < 1.29 is 14.3 Å². The SMILES string of the molecule is CCN1CCN(C(=O)CN(C(C)=O)c2ccc(OC)cc2)CC1. The standard InChI is InChI=1S/C17H25N3O3/c1-4-18-9-11-19(12-10-18)17(22)13-20(14(2)21)15-5-7-16(23-3)8-6-15/h5-8H,4,9-13H2,1-3H3. The van der Waals surface area contributed by atoms with E-state index in [0.29, 0.717) is 5.69 Å². The Morgan fingerprint density at radius 1 is 1.13 bits per heavy atom. The quantitative estimate of drug-likeness (QED) is 0.819. The fourth-order valence-electron chi connectivity index (χ4n) is 2.70. The summed E-state index contributed by atoms with van der Waals surface area (Å²) in [5.41, 5.74) is 0.707. The molecule has 0 unspecified atom stereocenters. The van der Waals surface area contributed by atoms with Crippen LogP contribution < -0.4 is 9.64 Å². The van der Waals surface area contributed by atoms with E-state index in [1.807, 2.05) is 4.90 Å². The number of rotatable bonds is 5. The minimum Gasteiger partial charge on any atom is -0.497 e. The molecule has 6 nitrogen and oxygen atoms in total. The van der Waals surface area contributed by atoms with E-state index in [2.05, 4.69) is 11.8 Å². The van der Waals surface area contributed by atoms with Crippen molar-refractivity contribution in [3.63, 3.8) is 0 Å². The largest absolute Gasteiger partial charge is 0.497 e. The second-order valence-electron chi connectivity index (χ2n) is 5.62. The van der Waals surface area contributed by atoms with Crippen LogP contribution in [0.4, 0.5) is 5.69 Å². The topological polar surface area (TPSA) is 53.1 Å². The molecule has 1 aliphatic heterocycles. The third-order valence-electron chi connectivity index (χ3n) is 4.23. The summed E-state index contributed by atoms with van der Waals surface area (Å²) in [6.07, 6.45) is 0. The number of nitrogens with zero attached hydrogens (tertiary/aromatic N) is 3. The van der Waals surface area contributed by atoms with Gasteiger partial charge in [0.05, 0.1) is 7.11 Å². The fraction of sp³-hybridized carbons (Fsp3) is 0.529. The van der Waals surface area contributed by atoms with Gasteiger partial charge in [0.1, 0.15) is 12.3 Å². The molecule has 0 bridgehead atoms. The van der Waals surface area contributed by atoms with Crippen molar-refractivity contribution in [2.45, 2.75) is 13.8 Å². The highest BCUT2D eigenvalue weighted by Crippen LogP contribution is 2.19. The van der Waals surface area contributed by atoms with Crippen LogP contribution in [-0.4, -0.2) is 68.0 Å². The highest BCUT2D eigenvalue weighted by atomic mass is 16.5. The average Bonchev–Trinajstić information content (AvgIpc) is 2.59. The number of ether oxygens (including phenoxy) is 1. The number of likely N-dealkylation sites (N-methyl/N-ethyl adjacent to an activating group) is 1. The number of hydrogen-bond donors (Lipinski definition) is 0. The van der Waals surface area contributed by atoms with Crippen molar-refractivity contribution in [3.8, 4) is 5.75 Å². The van der Waals surface area contributed by atoms with Crippen LogP contribution in [0.15, 0.2) is 24.3 Å². The number of methoxy groups -OCH3 is 1. The maximum Gasteiger partial charge on any atom is 0.242 e. The van der Waals surface area contributed by atoms with Gasteiger partial charge in [-0.25, -0.2) is 0 Å². The van der Waals surface area contributed by atoms with Gasteiger partial charge in [-0.3, -0.25) is 9.59 Å². The molecule has 0 aliphatic carbocycles. The van der Waals surface area contributed by atoms with E-state index < -0.39 is 0 Å². The minimum absolute atomic E-state index is 0.00762. The van der Waals surface area contributed by atoms with E-state index >= 15 is 0 Å². The first-order valence-corrected chi connectivity index (χ1v) is 7.97. The molecule has 0 saturated carbocycles. The van der Waals surface area contributed by atoms with Gasteiger partial charge in [0.2, 0.25) is 11.8 Å². The summed E-state index contributed by atoms with van der Waals surface area (Å²) in [6.45, 7) is 7.92. The number of amides is 2. The number of hydrogen-bond acceptors (Lipinski definition) is 4. The lowest BCUT2D eigenvalue weighted by molar-refractivity contribution is -0.132. The molecule has 1 fully saturated rings. The zero-order valence-electron chi connectivity index (χ0n) is 14.1. The zero-order chi connectivity index (χ0) is 16.8. The molecule has 0 atom stereocenters. The van der Waals surface area contributed by atoms with Gasteiger partial charge in [0, 0.05) is 38.8 Å². The summed E-state index contributed by atoms with van der Waals surface area (Å²) in [7, 11) is 1.59. The van der Waals surface area contributed by atoms with Crippen molar-refractivity contribution >= 4 is 17.5 Å². The van der Waals surface area contributed by atoms with Crippen LogP contribution in [-0.2, 0) is 9.59 Å².